The van der Waals surface area contributed by atoms with E-state index in [0.29, 0.717) is 19.3 Å². The maximum absolute atomic E-state index is 13.4. The number of aliphatic hydroxyl groups is 5. The van der Waals surface area contributed by atoms with Crippen LogP contribution in [0.1, 0.15) is 284 Å². The number of allylic oxidation sites excluding steroid dienone is 3. The number of amides is 1. The molecule has 1 saturated heterocycles. The lowest BCUT2D eigenvalue weighted by Gasteiger charge is -2.41. The molecule has 0 saturated carbocycles. The van der Waals surface area contributed by atoms with Gasteiger partial charge in [0, 0.05) is 6.42 Å². The monoisotopic (exact) mass is 1010 g/mol. The third kappa shape index (κ3) is 37.5. The van der Waals surface area contributed by atoms with Crippen molar-refractivity contribution in [3.05, 3.63) is 24.3 Å². The van der Waals surface area contributed by atoms with Gasteiger partial charge in [-0.25, -0.2) is 0 Å². The number of ether oxygens (including phenoxy) is 3. The Morgan fingerprint density at radius 3 is 1.41 bits per heavy atom. The number of hydrogen-bond donors (Lipinski definition) is 6. The maximum atomic E-state index is 13.4. The van der Waals surface area contributed by atoms with Gasteiger partial charge in [-0.15, -0.1) is 0 Å². The summed E-state index contributed by atoms with van der Waals surface area (Å²) < 4.78 is 17.5. The molecular formula is C60H113NO10. The van der Waals surface area contributed by atoms with E-state index in [4.69, 9.17) is 14.2 Å². The van der Waals surface area contributed by atoms with Gasteiger partial charge < -0.3 is 45.1 Å². The van der Waals surface area contributed by atoms with E-state index in [1.165, 1.54) is 161 Å². The lowest BCUT2D eigenvalue weighted by atomic mass is 9.99. The van der Waals surface area contributed by atoms with E-state index in [-0.39, 0.29) is 13.0 Å². The second kappa shape index (κ2) is 49.0. The van der Waals surface area contributed by atoms with E-state index in [2.05, 4.69) is 38.2 Å². The number of esters is 1. The average Bonchev–Trinajstić information content (AvgIpc) is 3.37. The van der Waals surface area contributed by atoms with Crippen LogP contribution in [0.3, 0.4) is 0 Å². The highest BCUT2D eigenvalue weighted by molar-refractivity contribution is 5.80. The topological polar surface area (TPSA) is 175 Å². The summed E-state index contributed by atoms with van der Waals surface area (Å²) in [6, 6.07) is -1.02. The van der Waals surface area contributed by atoms with Gasteiger partial charge in [0.25, 0.3) is 0 Å². The standard InChI is InChI=1S/C60H113NO10/c1-4-7-10-13-16-19-22-23-24-25-26-27-28-29-30-33-35-38-41-44-47-53(64)59(68)61-51(52(63)46-43-40-37-34-31-20-17-14-11-8-5-2)50-69-60-58(57(67)56(66)54(49-62)70-60)71-55(65)48-45-42-39-36-32-21-18-15-12-9-6-3/h15,18,43,46,51-54,56-58,60,62-64,66-67H,4-14,16-17,19-42,44-45,47-50H2,1-3H3,(H,61,68)/b18-15-,46-43+. The van der Waals surface area contributed by atoms with Gasteiger partial charge in [-0.1, -0.05) is 257 Å². The van der Waals surface area contributed by atoms with E-state index in [9.17, 15) is 35.1 Å². The second-order valence-corrected chi connectivity index (χ2v) is 21.1. The normalized spacial score (nSPS) is 19.7. The fourth-order valence-electron chi connectivity index (χ4n) is 9.52. The number of aliphatic hydroxyl groups excluding tert-OH is 5. The maximum Gasteiger partial charge on any atom is 0.306 e. The van der Waals surface area contributed by atoms with Crippen LogP contribution in [0.15, 0.2) is 24.3 Å². The molecule has 0 aromatic heterocycles. The Morgan fingerprint density at radius 2 is 0.944 bits per heavy atom. The summed E-state index contributed by atoms with van der Waals surface area (Å²) in [5, 5.41) is 56.8. The summed E-state index contributed by atoms with van der Waals surface area (Å²) in [6.07, 6.45) is 45.2. The Bertz CT molecular complexity index is 1250. The minimum absolute atomic E-state index is 0.116. The Morgan fingerprint density at radius 1 is 0.535 bits per heavy atom. The van der Waals surface area contributed by atoms with Gasteiger partial charge in [-0.05, 0) is 44.9 Å². The quantitative estimate of drug-likeness (QED) is 0.0195. The molecule has 8 atom stereocenters. The molecule has 11 heteroatoms. The molecule has 0 bridgehead atoms. The van der Waals surface area contributed by atoms with Gasteiger partial charge >= 0.3 is 5.97 Å². The molecule has 418 valence electrons. The fraction of sp³-hybridized carbons (Fsp3) is 0.900. The van der Waals surface area contributed by atoms with Crippen LogP contribution in [-0.2, 0) is 23.8 Å². The van der Waals surface area contributed by atoms with Crippen molar-refractivity contribution in [1.82, 2.24) is 5.32 Å². The Labute approximate surface area is 435 Å². The molecule has 11 nitrogen and oxygen atoms in total. The molecule has 0 radical (unpaired) electrons. The predicted octanol–water partition coefficient (Wildman–Crippen LogP) is 13.7. The minimum Gasteiger partial charge on any atom is -0.454 e. The summed E-state index contributed by atoms with van der Waals surface area (Å²) in [7, 11) is 0. The van der Waals surface area contributed by atoms with Crippen molar-refractivity contribution in [2.24, 2.45) is 0 Å². The first-order chi connectivity index (χ1) is 34.7. The summed E-state index contributed by atoms with van der Waals surface area (Å²) in [5.74, 6) is -1.19. The summed E-state index contributed by atoms with van der Waals surface area (Å²) in [4.78, 5) is 26.4. The molecule has 0 aromatic carbocycles. The molecule has 1 aliphatic heterocycles. The first-order valence-electron chi connectivity index (χ1n) is 30.1. The van der Waals surface area contributed by atoms with Crippen LogP contribution in [-0.4, -0.2) is 99.6 Å². The van der Waals surface area contributed by atoms with Gasteiger partial charge in [-0.3, -0.25) is 9.59 Å². The molecule has 1 rings (SSSR count). The Balaban J connectivity index is 2.64. The van der Waals surface area contributed by atoms with E-state index in [1.807, 2.05) is 6.08 Å². The fourth-order valence-corrected chi connectivity index (χ4v) is 9.52. The number of nitrogens with one attached hydrogen (secondary N) is 1. The van der Waals surface area contributed by atoms with Crippen molar-refractivity contribution in [2.45, 2.75) is 333 Å². The van der Waals surface area contributed by atoms with Crippen LogP contribution in [0.25, 0.3) is 0 Å². The molecule has 1 amide bonds. The van der Waals surface area contributed by atoms with Gasteiger partial charge in [-0.2, -0.15) is 0 Å². The van der Waals surface area contributed by atoms with Gasteiger partial charge in [0.05, 0.1) is 25.4 Å². The Hall–Kier alpha value is -1.86. The highest BCUT2D eigenvalue weighted by atomic mass is 16.7. The van der Waals surface area contributed by atoms with Crippen molar-refractivity contribution in [1.29, 1.82) is 0 Å². The van der Waals surface area contributed by atoms with Crippen molar-refractivity contribution in [3.8, 4) is 0 Å². The van der Waals surface area contributed by atoms with Crippen LogP contribution in [0.2, 0.25) is 0 Å². The minimum atomic E-state index is -1.61. The molecular weight excluding hydrogens is 895 g/mol. The van der Waals surface area contributed by atoms with Crippen LogP contribution < -0.4 is 5.32 Å². The lowest BCUT2D eigenvalue weighted by Crippen LogP contribution is -2.61. The van der Waals surface area contributed by atoms with Crippen LogP contribution in [0.5, 0.6) is 0 Å². The number of carbonyl (C=O) groups excluding carboxylic acids is 2. The molecule has 0 aromatic rings. The Kier molecular flexibility index (Phi) is 46.4. The van der Waals surface area contributed by atoms with Crippen molar-refractivity contribution >= 4 is 11.9 Å². The second-order valence-electron chi connectivity index (χ2n) is 21.1. The molecule has 0 aliphatic carbocycles. The van der Waals surface area contributed by atoms with Crippen LogP contribution in [0, 0.1) is 0 Å². The van der Waals surface area contributed by atoms with Crippen molar-refractivity contribution in [3.63, 3.8) is 0 Å². The highest BCUT2D eigenvalue weighted by Gasteiger charge is 2.47. The van der Waals surface area contributed by atoms with E-state index < -0.39 is 67.4 Å². The van der Waals surface area contributed by atoms with Crippen molar-refractivity contribution in [2.75, 3.05) is 13.2 Å². The molecule has 71 heavy (non-hydrogen) atoms. The first-order valence-corrected chi connectivity index (χ1v) is 30.1. The number of unbranched alkanes of at least 4 members (excludes halogenated alkanes) is 35. The summed E-state index contributed by atoms with van der Waals surface area (Å²) >= 11 is 0. The van der Waals surface area contributed by atoms with Gasteiger partial charge in [0.1, 0.15) is 24.4 Å². The molecule has 1 aliphatic rings. The number of rotatable bonds is 51. The van der Waals surface area contributed by atoms with Crippen LogP contribution in [0.4, 0.5) is 0 Å². The molecule has 6 N–H and O–H groups in total. The zero-order valence-corrected chi connectivity index (χ0v) is 46.1. The number of carbonyl (C=O) groups is 2. The van der Waals surface area contributed by atoms with Crippen molar-refractivity contribution < 1.29 is 49.3 Å². The SMILES string of the molecule is CCCC/C=C\CCCCCCCC(=O)OC1C(OCC(NC(=O)C(O)CCCCCCCCCCCCCCCCCCCCCC)C(O)/C=C/CCCCCCCCCCC)OC(CO)C(O)C1O. The number of hydrogen-bond acceptors (Lipinski definition) is 10. The predicted molar refractivity (Wildman–Crippen MR) is 292 cm³/mol. The zero-order valence-electron chi connectivity index (χ0n) is 46.1. The molecule has 1 heterocycles. The van der Waals surface area contributed by atoms with Crippen LogP contribution >= 0.6 is 0 Å². The average molecular weight is 1010 g/mol. The molecule has 0 spiro atoms. The highest BCUT2D eigenvalue weighted by Crippen LogP contribution is 2.26. The largest absolute Gasteiger partial charge is 0.454 e. The smallest absolute Gasteiger partial charge is 0.306 e. The van der Waals surface area contributed by atoms with Gasteiger partial charge in [0.15, 0.2) is 12.4 Å². The van der Waals surface area contributed by atoms with E-state index in [1.54, 1.807) is 6.08 Å². The van der Waals surface area contributed by atoms with Gasteiger partial charge in [0.2, 0.25) is 5.91 Å². The molecule has 8 unspecified atom stereocenters. The molecule has 1 fully saturated rings. The third-order valence-electron chi connectivity index (χ3n) is 14.4. The summed E-state index contributed by atoms with van der Waals surface area (Å²) in [6.45, 7) is 5.75. The lowest BCUT2D eigenvalue weighted by molar-refractivity contribution is -0.305. The third-order valence-corrected chi connectivity index (χ3v) is 14.4. The van der Waals surface area contributed by atoms with E-state index in [0.717, 1.165) is 77.0 Å². The summed E-state index contributed by atoms with van der Waals surface area (Å²) in [5.41, 5.74) is 0. The first kappa shape index (κ1) is 67.2. The zero-order chi connectivity index (χ0) is 51.8. The van der Waals surface area contributed by atoms with E-state index >= 15 is 0 Å².